The molecule has 2 nitrogen and oxygen atoms in total. The molecule has 0 bridgehead atoms. The van der Waals surface area contributed by atoms with E-state index in [2.05, 4.69) is 23.4 Å². The average molecular weight is 246 g/mol. The summed E-state index contributed by atoms with van der Waals surface area (Å²) in [6.45, 7) is 2.21. The van der Waals surface area contributed by atoms with Crippen molar-refractivity contribution in [2.24, 2.45) is 5.92 Å². The van der Waals surface area contributed by atoms with Crippen LogP contribution in [0.25, 0.3) is 10.9 Å². The number of benzene rings is 1. The normalized spacial score (nSPS) is 24.4. The molecule has 2 N–H and O–H groups in total. The number of fused-ring (bicyclic) bond motifs is 1. The van der Waals surface area contributed by atoms with Gasteiger partial charge in [-0.1, -0.05) is 6.92 Å². The first-order valence-corrected chi connectivity index (χ1v) is 6.68. The lowest BCUT2D eigenvalue weighted by Gasteiger charge is -2.13. The Morgan fingerprint density at radius 2 is 2.33 bits per heavy atom. The Bertz CT molecular complexity index is 557. The Balaban J connectivity index is 1.90. The third-order valence-electron chi connectivity index (χ3n) is 4.24. The van der Waals surface area contributed by atoms with Gasteiger partial charge in [0.25, 0.3) is 0 Å². The van der Waals surface area contributed by atoms with E-state index in [0.29, 0.717) is 17.9 Å². The van der Waals surface area contributed by atoms with Gasteiger partial charge in [-0.3, -0.25) is 0 Å². The van der Waals surface area contributed by atoms with Crippen molar-refractivity contribution in [1.82, 2.24) is 10.3 Å². The molecule has 1 fully saturated rings. The second-order valence-electron chi connectivity index (χ2n) is 5.24. The molecule has 3 heteroatoms. The maximum Gasteiger partial charge on any atom is 0.123 e. The monoisotopic (exact) mass is 246 g/mol. The summed E-state index contributed by atoms with van der Waals surface area (Å²) >= 11 is 0. The number of hydrogen-bond acceptors (Lipinski definition) is 1. The second-order valence-corrected chi connectivity index (χ2v) is 5.24. The Labute approximate surface area is 107 Å². The molecule has 0 spiro atoms. The van der Waals surface area contributed by atoms with Gasteiger partial charge in [0.1, 0.15) is 5.82 Å². The zero-order chi connectivity index (χ0) is 12.7. The van der Waals surface area contributed by atoms with Crippen molar-refractivity contribution in [1.29, 1.82) is 0 Å². The zero-order valence-corrected chi connectivity index (χ0v) is 10.8. The molecular formula is C15H19FN2. The summed E-state index contributed by atoms with van der Waals surface area (Å²) in [6, 6.07) is 5.56. The van der Waals surface area contributed by atoms with Gasteiger partial charge in [-0.2, -0.15) is 0 Å². The number of H-pyrrole nitrogens is 1. The lowest BCUT2D eigenvalue weighted by molar-refractivity contribution is 0.480. The molecule has 0 aliphatic heterocycles. The summed E-state index contributed by atoms with van der Waals surface area (Å²) < 4.78 is 13.3. The second kappa shape index (κ2) is 4.39. The summed E-state index contributed by atoms with van der Waals surface area (Å²) in [5, 5.41) is 4.43. The maximum atomic E-state index is 13.3. The van der Waals surface area contributed by atoms with Crippen LogP contribution in [-0.2, 0) is 0 Å². The van der Waals surface area contributed by atoms with Crippen LogP contribution in [0.2, 0.25) is 0 Å². The van der Waals surface area contributed by atoms with E-state index in [-0.39, 0.29) is 5.82 Å². The predicted octanol–water partition coefficient (Wildman–Crippen LogP) is 3.41. The smallest absolute Gasteiger partial charge is 0.123 e. The minimum atomic E-state index is -0.152. The fraction of sp³-hybridized carbons (Fsp3) is 0.467. The Morgan fingerprint density at radius 1 is 1.50 bits per heavy atom. The van der Waals surface area contributed by atoms with Crippen LogP contribution in [0.4, 0.5) is 4.39 Å². The molecule has 0 radical (unpaired) electrons. The number of hydrogen-bond donors (Lipinski definition) is 2. The third kappa shape index (κ3) is 1.83. The summed E-state index contributed by atoms with van der Waals surface area (Å²) in [6.07, 6.45) is 4.41. The molecule has 0 saturated heterocycles. The van der Waals surface area contributed by atoms with Crippen molar-refractivity contribution in [3.05, 3.63) is 35.8 Å². The van der Waals surface area contributed by atoms with Crippen LogP contribution in [0.3, 0.4) is 0 Å². The number of halogens is 1. The highest BCUT2D eigenvalue weighted by molar-refractivity contribution is 5.84. The van der Waals surface area contributed by atoms with Gasteiger partial charge in [-0.15, -0.1) is 0 Å². The molecule has 1 saturated carbocycles. The van der Waals surface area contributed by atoms with Crippen molar-refractivity contribution in [3.8, 4) is 0 Å². The van der Waals surface area contributed by atoms with Gasteiger partial charge < -0.3 is 10.3 Å². The minimum Gasteiger partial charge on any atom is -0.361 e. The highest BCUT2D eigenvalue weighted by atomic mass is 19.1. The highest BCUT2D eigenvalue weighted by Gasteiger charge is 2.43. The first kappa shape index (κ1) is 11.7. The molecule has 1 aromatic carbocycles. The first-order chi connectivity index (χ1) is 8.74. The van der Waals surface area contributed by atoms with E-state index in [9.17, 15) is 4.39 Å². The van der Waals surface area contributed by atoms with Gasteiger partial charge in [0.05, 0.1) is 0 Å². The molecule has 96 valence electrons. The topological polar surface area (TPSA) is 27.8 Å². The lowest BCUT2D eigenvalue weighted by atomic mass is 10.0. The van der Waals surface area contributed by atoms with E-state index in [1.807, 2.05) is 13.1 Å². The van der Waals surface area contributed by atoms with Crippen molar-refractivity contribution in [2.75, 3.05) is 7.05 Å². The van der Waals surface area contributed by atoms with Crippen LogP contribution in [-0.4, -0.2) is 18.1 Å². The van der Waals surface area contributed by atoms with Gasteiger partial charge in [0, 0.05) is 23.1 Å². The standard InChI is InChI=1S/C15H19FN2/c1-3-14(17-2)12-7-10(12)13-8-18-15-5-4-9(16)6-11(13)15/h4-6,8,10,12,14,17-18H,3,7H2,1-2H3. The van der Waals surface area contributed by atoms with Crippen LogP contribution < -0.4 is 5.32 Å². The van der Waals surface area contributed by atoms with E-state index < -0.39 is 0 Å². The van der Waals surface area contributed by atoms with Crippen molar-refractivity contribution in [3.63, 3.8) is 0 Å². The molecule has 3 rings (SSSR count). The summed E-state index contributed by atoms with van der Waals surface area (Å²) in [5.74, 6) is 1.13. The van der Waals surface area contributed by atoms with Gasteiger partial charge in [0.2, 0.25) is 0 Å². The Kier molecular flexibility index (Phi) is 2.86. The van der Waals surface area contributed by atoms with Crippen LogP contribution in [0, 0.1) is 11.7 Å². The Hall–Kier alpha value is -1.35. The van der Waals surface area contributed by atoms with Gasteiger partial charge in [0.15, 0.2) is 0 Å². The average Bonchev–Trinajstić information content (AvgIpc) is 3.03. The van der Waals surface area contributed by atoms with E-state index in [0.717, 1.165) is 17.3 Å². The van der Waals surface area contributed by atoms with Crippen LogP contribution in [0.15, 0.2) is 24.4 Å². The first-order valence-electron chi connectivity index (χ1n) is 6.68. The minimum absolute atomic E-state index is 0.152. The summed E-state index contributed by atoms with van der Waals surface area (Å²) in [4.78, 5) is 3.25. The largest absolute Gasteiger partial charge is 0.361 e. The van der Waals surface area contributed by atoms with Gasteiger partial charge in [-0.25, -0.2) is 4.39 Å². The van der Waals surface area contributed by atoms with Crippen molar-refractivity contribution < 1.29 is 4.39 Å². The molecule has 1 aromatic heterocycles. The SMILES string of the molecule is CCC(NC)C1CC1c1c[nH]c2ccc(F)cc12. The fourth-order valence-electron chi connectivity index (χ4n) is 3.16. The fourth-order valence-corrected chi connectivity index (χ4v) is 3.16. The van der Waals surface area contributed by atoms with Gasteiger partial charge in [-0.05, 0) is 55.5 Å². The van der Waals surface area contributed by atoms with Crippen LogP contribution in [0.1, 0.15) is 31.2 Å². The number of aromatic nitrogens is 1. The quantitative estimate of drug-likeness (QED) is 0.850. The predicted molar refractivity (Wildman–Crippen MR) is 72.2 cm³/mol. The van der Waals surface area contributed by atoms with E-state index in [1.165, 1.54) is 18.1 Å². The number of aromatic amines is 1. The number of rotatable bonds is 4. The third-order valence-corrected chi connectivity index (χ3v) is 4.24. The molecular weight excluding hydrogens is 227 g/mol. The number of nitrogens with one attached hydrogen (secondary N) is 2. The van der Waals surface area contributed by atoms with Crippen molar-refractivity contribution >= 4 is 10.9 Å². The molecule has 1 aliphatic rings. The summed E-state index contributed by atoms with van der Waals surface area (Å²) in [5.41, 5.74) is 2.32. The molecule has 3 atom stereocenters. The lowest BCUT2D eigenvalue weighted by Crippen LogP contribution is -2.26. The zero-order valence-electron chi connectivity index (χ0n) is 10.8. The molecule has 1 heterocycles. The van der Waals surface area contributed by atoms with Crippen LogP contribution in [0.5, 0.6) is 0 Å². The molecule has 18 heavy (non-hydrogen) atoms. The van der Waals surface area contributed by atoms with E-state index in [1.54, 1.807) is 6.07 Å². The van der Waals surface area contributed by atoms with Gasteiger partial charge >= 0.3 is 0 Å². The van der Waals surface area contributed by atoms with E-state index >= 15 is 0 Å². The van der Waals surface area contributed by atoms with Crippen molar-refractivity contribution in [2.45, 2.75) is 31.7 Å². The molecule has 0 amide bonds. The molecule has 2 aromatic rings. The Morgan fingerprint density at radius 3 is 3.06 bits per heavy atom. The van der Waals surface area contributed by atoms with Crippen LogP contribution >= 0.6 is 0 Å². The summed E-state index contributed by atoms with van der Waals surface area (Å²) in [7, 11) is 2.03. The molecule has 3 unspecified atom stereocenters. The highest BCUT2D eigenvalue weighted by Crippen LogP contribution is 2.51. The molecule has 1 aliphatic carbocycles. The maximum absolute atomic E-state index is 13.3. The van der Waals surface area contributed by atoms with E-state index in [4.69, 9.17) is 0 Å².